The maximum atomic E-state index is 5.65. The Labute approximate surface area is 131 Å². The summed E-state index contributed by atoms with van der Waals surface area (Å²) in [6.07, 6.45) is 4.43. The summed E-state index contributed by atoms with van der Waals surface area (Å²) in [6.45, 7) is 6.13. The number of ether oxygens (including phenoxy) is 1. The fourth-order valence-electron chi connectivity index (χ4n) is 2.52. The third-order valence-corrected chi connectivity index (χ3v) is 3.53. The molecule has 2 heterocycles. The molecular formula is C17H22N4O. The van der Waals surface area contributed by atoms with E-state index in [0.29, 0.717) is 0 Å². The first-order valence-electron chi connectivity index (χ1n) is 7.82. The van der Waals surface area contributed by atoms with Gasteiger partial charge in [-0.15, -0.1) is 0 Å². The quantitative estimate of drug-likeness (QED) is 0.914. The van der Waals surface area contributed by atoms with E-state index in [1.807, 2.05) is 44.2 Å². The van der Waals surface area contributed by atoms with Crippen molar-refractivity contribution in [3.63, 3.8) is 0 Å². The molecule has 0 unspecified atom stereocenters. The lowest BCUT2D eigenvalue weighted by Gasteiger charge is -2.16. The van der Waals surface area contributed by atoms with E-state index in [1.54, 1.807) is 6.20 Å². The van der Waals surface area contributed by atoms with Crippen LogP contribution >= 0.6 is 0 Å². The second kappa shape index (κ2) is 6.64. The molecule has 5 heteroatoms. The molecule has 0 atom stereocenters. The molecule has 2 aromatic rings. The van der Waals surface area contributed by atoms with Crippen LogP contribution in [0, 0.1) is 0 Å². The van der Waals surface area contributed by atoms with Crippen LogP contribution < -0.4 is 15.0 Å². The Morgan fingerprint density at radius 2 is 1.82 bits per heavy atom. The van der Waals surface area contributed by atoms with Gasteiger partial charge in [0.25, 0.3) is 0 Å². The van der Waals surface area contributed by atoms with Gasteiger partial charge in [0, 0.05) is 25.0 Å². The number of anilines is 3. The van der Waals surface area contributed by atoms with E-state index in [-0.39, 0.29) is 6.10 Å². The van der Waals surface area contributed by atoms with Crippen molar-refractivity contribution < 1.29 is 4.74 Å². The molecule has 116 valence electrons. The normalized spacial score (nSPS) is 14.4. The Morgan fingerprint density at radius 1 is 1.09 bits per heavy atom. The van der Waals surface area contributed by atoms with Gasteiger partial charge in [-0.25, -0.2) is 4.98 Å². The monoisotopic (exact) mass is 298 g/mol. The van der Waals surface area contributed by atoms with Crippen molar-refractivity contribution in [3.05, 3.63) is 36.5 Å². The van der Waals surface area contributed by atoms with E-state index in [1.165, 1.54) is 12.8 Å². The van der Waals surface area contributed by atoms with Crippen LogP contribution in [0.1, 0.15) is 26.7 Å². The minimum absolute atomic E-state index is 0.184. The van der Waals surface area contributed by atoms with Gasteiger partial charge < -0.3 is 15.0 Å². The van der Waals surface area contributed by atoms with Gasteiger partial charge in [0.2, 0.25) is 5.95 Å². The Morgan fingerprint density at radius 3 is 2.50 bits per heavy atom. The summed E-state index contributed by atoms with van der Waals surface area (Å²) < 4.78 is 5.65. The number of rotatable bonds is 5. The first-order valence-corrected chi connectivity index (χ1v) is 7.82. The van der Waals surface area contributed by atoms with Crippen LogP contribution in [0.3, 0.4) is 0 Å². The zero-order valence-electron chi connectivity index (χ0n) is 13.1. The Hall–Kier alpha value is -2.30. The van der Waals surface area contributed by atoms with Crippen molar-refractivity contribution in [2.75, 3.05) is 23.3 Å². The molecule has 0 amide bonds. The van der Waals surface area contributed by atoms with Crippen LogP contribution in [0.4, 0.5) is 17.5 Å². The molecule has 0 saturated carbocycles. The van der Waals surface area contributed by atoms with Crippen molar-refractivity contribution in [1.29, 1.82) is 0 Å². The van der Waals surface area contributed by atoms with E-state index in [2.05, 4.69) is 20.2 Å². The lowest BCUT2D eigenvalue weighted by Crippen LogP contribution is -2.20. The largest absolute Gasteiger partial charge is 0.491 e. The van der Waals surface area contributed by atoms with Gasteiger partial charge in [-0.1, -0.05) is 0 Å². The molecule has 1 aliphatic rings. The Kier molecular flexibility index (Phi) is 4.42. The van der Waals surface area contributed by atoms with Gasteiger partial charge >= 0.3 is 0 Å². The van der Waals surface area contributed by atoms with Crippen LogP contribution in [0.5, 0.6) is 5.75 Å². The summed E-state index contributed by atoms with van der Waals surface area (Å²) in [5, 5.41) is 3.31. The molecule has 0 spiro atoms. The highest BCUT2D eigenvalue weighted by Gasteiger charge is 2.14. The summed E-state index contributed by atoms with van der Waals surface area (Å²) in [7, 11) is 0. The minimum atomic E-state index is 0.184. The van der Waals surface area contributed by atoms with Gasteiger partial charge in [-0.05, 0) is 57.0 Å². The summed E-state index contributed by atoms with van der Waals surface area (Å²) in [4.78, 5) is 11.2. The van der Waals surface area contributed by atoms with Crippen LogP contribution in [0.25, 0.3) is 0 Å². The highest BCUT2D eigenvalue weighted by Crippen LogP contribution is 2.21. The van der Waals surface area contributed by atoms with E-state index in [4.69, 9.17) is 4.74 Å². The third-order valence-electron chi connectivity index (χ3n) is 3.53. The molecule has 1 N–H and O–H groups in total. The molecule has 1 aromatic carbocycles. The van der Waals surface area contributed by atoms with Crippen molar-refractivity contribution in [2.45, 2.75) is 32.8 Å². The van der Waals surface area contributed by atoms with E-state index in [0.717, 1.165) is 36.3 Å². The molecule has 1 saturated heterocycles. The van der Waals surface area contributed by atoms with Crippen LogP contribution in [0.2, 0.25) is 0 Å². The number of hydrogen-bond donors (Lipinski definition) is 1. The molecule has 5 nitrogen and oxygen atoms in total. The predicted octanol–water partition coefficient (Wildman–Crippen LogP) is 3.61. The molecule has 3 rings (SSSR count). The standard InChI is InChI=1S/C17H22N4O/c1-13(2)22-15-7-5-14(6-8-15)19-16-9-10-18-17(20-16)21-11-3-4-12-21/h5-10,13H,3-4,11-12H2,1-2H3,(H,18,19,20). The second-order valence-corrected chi connectivity index (χ2v) is 5.75. The van der Waals surface area contributed by atoms with E-state index < -0.39 is 0 Å². The number of aromatic nitrogens is 2. The van der Waals surface area contributed by atoms with Gasteiger partial charge in [-0.3, -0.25) is 0 Å². The van der Waals surface area contributed by atoms with Crippen molar-refractivity contribution in [1.82, 2.24) is 9.97 Å². The first-order chi connectivity index (χ1) is 10.7. The predicted molar refractivity (Wildman–Crippen MR) is 89.0 cm³/mol. The summed E-state index contributed by atoms with van der Waals surface area (Å²) in [5.74, 6) is 2.50. The zero-order valence-corrected chi connectivity index (χ0v) is 13.1. The molecule has 1 fully saturated rings. The molecule has 0 aliphatic carbocycles. The third kappa shape index (κ3) is 3.67. The maximum Gasteiger partial charge on any atom is 0.227 e. The molecular weight excluding hydrogens is 276 g/mol. The molecule has 0 bridgehead atoms. The van der Waals surface area contributed by atoms with Crippen LogP contribution in [-0.2, 0) is 0 Å². The topological polar surface area (TPSA) is 50.3 Å². The Balaban J connectivity index is 1.68. The van der Waals surface area contributed by atoms with E-state index >= 15 is 0 Å². The SMILES string of the molecule is CC(C)Oc1ccc(Nc2ccnc(N3CCCC3)n2)cc1. The second-order valence-electron chi connectivity index (χ2n) is 5.75. The average molecular weight is 298 g/mol. The number of benzene rings is 1. The molecule has 0 radical (unpaired) electrons. The first kappa shape index (κ1) is 14.6. The summed E-state index contributed by atoms with van der Waals surface area (Å²) >= 11 is 0. The van der Waals surface area contributed by atoms with Crippen molar-refractivity contribution in [3.8, 4) is 5.75 Å². The van der Waals surface area contributed by atoms with Crippen LogP contribution in [-0.4, -0.2) is 29.2 Å². The maximum absolute atomic E-state index is 5.65. The number of nitrogens with zero attached hydrogens (tertiary/aromatic N) is 3. The molecule has 1 aliphatic heterocycles. The van der Waals surface area contributed by atoms with Crippen LogP contribution in [0.15, 0.2) is 36.5 Å². The van der Waals surface area contributed by atoms with Gasteiger partial charge in [0.05, 0.1) is 6.10 Å². The van der Waals surface area contributed by atoms with Crippen molar-refractivity contribution in [2.24, 2.45) is 0 Å². The smallest absolute Gasteiger partial charge is 0.227 e. The van der Waals surface area contributed by atoms with Gasteiger partial charge in [-0.2, -0.15) is 4.98 Å². The lowest BCUT2D eigenvalue weighted by molar-refractivity contribution is 0.242. The highest BCUT2D eigenvalue weighted by molar-refractivity contribution is 5.58. The van der Waals surface area contributed by atoms with Gasteiger partial charge in [0.1, 0.15) is 11.6 Å². The fourth-order valence-corrected chi connectivity index (χ4v) is 2.52. The Bertz CT molecular complexity index is 606. The zero-order chi connectivity index (χ0) is 15.4. The minimum Gasteiger partial charge on any atom is -0.491 e. The van der Waals surface area contributed by atoms with Crippen molar-refractivity contribution >= 4 is 17.5 Å². The highest BCUT2D eigenvalue weighted by atomic mass is 16.5. The lowest BCUT2D eigenvalue weighted by atomic mass is 10.3. The summed E-state index contributed by atoms with van der Waals surface area (Å²) in [6, 6.07) is 9.80. The summed E-state index contributed by atoms with van der Waals surface area (Å²) in [5.41, 5.74) is 0.988. The van der Waals surface area contributed by atoms with Gasteiger partial charge in [0.15, 0.2) is 0 Å². The number of hydrogen-bond acceptors (Lipinski definition) is 5. The number of nitrogens with one attached hydrogen (secondary N) is 1. The van der Waals surface area contributed by atoms with E-state index in [9.17, 15) is 0 Å². The molecule has 22 heavy (non-hydrogen) atoms. The average Bonchev–Trinajstić information content (AvgIpc) is 3.03. The fraction of sp³-hybridized carbons (Fsp3) is 0.412. The molecule has 1 aromatic heterocycles.